The van der Waals surface area contributed by atoms with Gasteiger partial charge in [-0.3, -0.25) is 9.78 Å². The first-order valence-corrected chi connectivity index (χ1v) is 9.75. The second-order valence-electron chi connectivity index (χ2n) is 6.55. The van der Waals surface area contributed by atoms with Crippen LogP contribution in [0.25, 0.3) is 0 Å². The number of amides is 1. The lowest BCUT2D eigenvalue weighted by Gasteiger charge is -2.17. The number of carbonyl (C=O) groups is 2. The van der Waals surface area contributed by atoms with Gasteiger partial charge in [-0.1, -0.05) is 41.4 Å². The molecule has 0 unspecified atom stereocenters. The van der Waals surface area contributed by atoms with Crippen LogP contribution < -0.4 is 10.1 Å². The third kappa shape index (κ3) is 5.49. The molecule has 2 aromatic carbocycles. The molecule has 154 valence electrons. The summed E-state index contributed by atoms with van der Waals surface area (Å²) < 4.78 is 5.70. The van der Waals surface area contributed by atoms with Gasteiger partial charge in [0.25, 0.3) is 5.91 Å². The van der Waals surface area contributed by atoms with Gasteiger partial charge in [-0.25, -0.2) is 4.79 Å². The number of halogens is 2. The minimum absolute atomic E-state index is 0.129. The van der Waals surface area contributed by atoms with Gasteiger partial charge >= 0.3 is 5.97 Å². The summed E-state index contributed by atoms with van der Waals surface area (Å²) >= 11 is 12.0. The van der Waals surface area contributed by atoms with E-state index in [2.05, 4.69) is 10.3 Å². The third-order valence-corrected chi connectivity index (χ3v) is 4.84. The number of ether oxygens (including phenoxy) is 1. The Kier molecular flexibility index (Phi) is 6.92. The summed E-state index contributed by atoms with van der Waals surface area (Å²) in [6.45, 7) is 1.94. The number of carbonyl (C=O) groups excluding carboxylic acids is 1. The van der Waals surface area contributed by atoms with Crippen LogP contribution in [0, 0.1) is 0 Å². The number of rotatable bonds is 7. The molecule has 3 aromatic rings. The molecule has 8 heteroatoms. The standard InChI is InChI=1S/C22H18Cl2N2O4/c1-13(14-2-4-15(5-3-14)22(28)29)26-21(27)20-9-17(23)7-6-16(20)12-30-19-8-18(24)10-25-11-19/h2-11,13H,12H2,1H3,(H,26,27)(H,28,29)/t13-/m0/s1. The largest absolute Gasteiger partial charge is 0.487 e. The van der Waals surface area contributed by atoms with Crippen molar-refractivity contribution < 1.29 is 19.4 Å². The molecule has 30 heavy (non-hydrogen) atoms. The Morgan fingerprint density at radius 3 is 2.47 bits per heavy atom. The summed E-state index contributed by atoms with van der Waals surface area (Å²) in [5.41, 5.74) is 1.98. The zero-order valence-electron chi connectivity index (χ0n) is 15.9. The Balaban J connectivity index is 1.74. The van der Waals surface area contributed by atoms with Gasteiger partial charge in [0.1, 0.15) is 12.4 Å². The maximum atomic E-state index is 12.9. The molecule has 0 saturated carbocycles. The van der Waals surface area contributed by atoms with Gasteiger partial charge in [0.15, 0.2) is 0 Å². The summed E-state index contributed by atoms with van der Waals surface area (Å²) in [4.78, 5) is 27.8. The summed E-state index contributed by atoms with van der Waals surface area (Å²) in [5, 5.41) is 12.8. The molecule has 0 spiro atoms. The molecule has 3 rings (SSSR count). The van der Waals surface area contributed by atoms with Crippen LogP contribution in [-0.2, 0) is 6.61 Å². The van der Waals surface area contributed by atoms with Gasteiger partial charge in [0, 0.05) is 28.4 Å². The van der Waals surface area contributed by atoms with Crippen LogP contribution in [0.3, 0.4) is 0 Å². The van der Waals surface area contributed by atoms with Gasteiger partial charge in [-0.05, 0) is 36.8 Å². The van der Waals surface area contributed by atoms with Crippen molar-refractivity contribution in [2.24, 2.45) is 0 Å². The first-order valence-electron chi connectivity index (χ1n) is 8.99. The normalized spacial score (nSPS) is 11.6. The van der Waals surface area contributed by atoms with E-state index in [1.165, 1.54) is 24.5 Å². The van der Waals surface area contributed by atoms with Crippen molar-refractivity contribution >= 4 is 35.1 Å². The van der Waals surface area contributed by atoms with Crippen molar-refractivity contribution in [3.8, 4) is 5.75 Å². The topological polar surface area (TPSA) is 88.5 Å². The third-order valence-electron chi connectivity index (χ3n) is 4.40. The average molecular weight is 445 g/mol. The van der Waals surface area contributed by atoms with Crippen molar-refractivity contribution in [1.29, 1.82) is 0 Å². The number of pyridine rings is 1. The van der Waals surface area contributed by atoms with Crippen molar-refractivity contribution in [3.63, 3.8) is 0 Å². The van der Waals surface area contributed by atoms with E-state index in [0.717, 1.165) is 5.56 Å². The Bertz CT molecular complexity index is 1070. The van der Waals surface area contributed by atoms with E-state index < -0.39 is 5.97 Å². The predicted molar refractivity (Wildman–Crippen MR) is 114 cm³/mol. The average Bonchev–Trinajstić information content (AvgIpc) is 2.72. The molecular weight excluding hydrogens is 427 g/mol. The second-order valence-corrected chi connectivity index (χ2v) is 7.42. The minimum Gasteiger partial charge on any atom is -0.487 e. The highest BCUT2D eigenvalue weighted by Crippen LogP contribution is 2.22. The Labute approximate surface area is 183 Å². The monoisotopic (exact) mass is 444 g/mol. The molecule has 0 aliphatic heterocycles. The number of aromatic carboxylic acids is 1. The molecule has 0 aliphatic carbocycles. The highest BCUT2D eigenvalue weighted by molar-refractivity contribution is 6.31. The molecule has 1 heterocycles. The van der Waals surface area contributed by atoms with Crippen molar-refractivity contribution in [3.05, 3.63) is 93.2 Å². The van der Waals surface area contributed by atoms with Gasteiger partial charge < -0.3 is 15.2 Å². The molecule has 0 aliphatic rings. The zero-order valence-corrected chi connectivity index (χ0v) is 17.4. The number of hydrogen-bond donors (Lipinski definition) is 2. The highest BCUT2D eigenvalue weighted by atomic mass is 35.5. The molecule has 0 bridgehead atoms. The van der Waals surface area contributed by atoms with Crippen LogP contribution in [0.4, 0.5) is 0 Å². The van der Waals surface area contributed by atoms with E-state index >= 15 is 0 Å². The molecular formula is C22H18Cl2N2O4. The van der Waals surface area contributed by atoms with E-state index in [9.17, 15) is 9.59 Å². The van der Waals surface area contributed by atoms with E-state index in [-0.39, 0.29) is 24.1 Å². The van der Waals surface area contributed by atoms with Crippen molar-refractivity contribution in [1.82, 2.24) is 10.3 Å². The fraction of sp³-hybridized carbons (Fsp3) is 0.136. The molecule has 0 fully saturated rings. The number of nitrogens with zero attached hydrogens (tertiary/aromatic N) is 1. The SMILES string of the molecule is C[C@H](NC(=O)c1cc(Cl)ccc1COc1cncc(Cl)c1)c1ccc(C(=O)O)cc1. The zero-order chi connectivity index (χ0) is 21.7. The van der Waals surface area contributed by atoms with Crippen LogP contribution in [0.2, 0.25) is 10.0 Å². The predicted octanol–water partition coefficient (Wildman–Crippen LogP) is 5.16. The maximum Gasteiger partial charge on any atom is 0.335 e. The lowest BCUT2D eigenvalue weighted by Crippen LogP contribution is -2.27. The molecule has 0 saturated heterocycles. The number of carboxylic acids is 1. The lowest BCUT2D eigenvalue weighted by molar-refractivity contribution is 0.0696. The van der Waals surface area contributed by atoms with E-state index in [1.54, 1.807) is 36.4 Å². The van der Waals surface area contributed by atoms with Gasteiger partial charge in [-0.2, -0.15) is 0 Å². The van der Waals surface area contributed by atoms with Gasteiger partial charge in [0.2, 0.25) is 0 Å². The Morgan fingerprint density at radius 2 is 1.80 bits per heavy atom. The maximum absolute atomic E-state index is 12.9. The Hall–Kier alpha value is -3.09. The quantitative estimate of drug-likeness (QED) is 0.525. The minimum atomic E-state index is -1.00. The molecule has 0 radical (unpaired) electrons. The highest BCUT2D eigenvalue weighted by Gasteiger charge is 2.16. The summed E-state index contributed by atoms with van der Waals surface area (Å²) in [7, 11) is 0. The smallest absolute Gasteiger partial charge is 0.335 e. The van der Waals surface area contributed by atoms with E-state index in [1.807, 2.05) is 6.92 Å². The number of benzene rings is 2. The number of carboxylic acid groups (broad SMARTS) is 1. The van der Waals surface area contributed by atoms with Crippen molar-refractivity contribution in [2.45, 2.75) is 19.6 Å². The van der Waals surface area contributed by atoms with Crippen LogP contribution in [0.5, 0.6) is 5.75 Å². The first-order chi connectivity index (χ1) is 14.3. The van der Waals surface area contributed by atoms with E-state index in [0.29, 0.717) is 26.9 Å². The molecule has 1 amide bonds. The Morgan fingerprint density at radius 1 is 1.07 bits per heavy atom. The number of aromatic nitrogens is 1. The van der Waals surface area contributed by atoms with E-state index in [4.69, 9.17) is 33.0 Å². The second kappa shape index (κ2) is 9.61. The van der Waals surface area contributed by atoms with Crippen LogP contribution in [0.1, 0.15) is 44.8 Å². The fourth-order valence-corrected chi connectivity index (χ4v) is 3.13. The van der Waals surface area contributed by atoms with Crippen LogP contribution in [0.15, 0.2) is 60.9 Å². The molecule has 1 atom stereocenters. The summed E-state index contributed by atoms with van der Waals surface area (Å²) in [6, 6.07) is 12.6. The van der Waals surface area contributed by atoms with Crippen molar-refractivity contribution in [2.75, 3.05) is 0 Å². The van der Waals surface area contributed by atoms with Crippen LogP contribution >= 0.6 is 23.2 Å². The molecule has 1 aromatic heterocycles. The van der Waals surface area contributed by atoms with Gasteiger partial charge in [-0.15, -0.1) is 0 Å². The first kappa shape index (κ1) is 21.6. The molecule has 2 N–H and O–H groups in total. The number of hydrogen-bond acceptors (Lipinski definition) is 4. The lowest BCUT2D eigenvalue weighted by atomic mass is 10.0. The summed E-state index contributed by atoms with van der Waals surface area (Å²) in [6.07, 6.45) is 3.03. The van der Waals surface area contributed by atoms with Gasteiger partial charge in [0.05, 0.1) is 22.8 Å². The number of nitrogens with one attached hydrogen (secondary N) is 1. The van der Waals surface area contributed by atoms with Crippen LogP contribution in [-0.4, -0.2) is 22.0 Å². The summed E-state index contributed by atoms with van der Waals surface area (Å²) in [5.74, 6) is -0.845. The molecule has 6 nitrogen and oxygen atoms in total. The fourth-order valence-electron chi connectivity index (χ4n) is 2.79.